The number of hydrogen-bond donors (Lipinski definition) is 4. The Morgan fingerprint density at radius 2 is 1.87 bits per heavy atom. The molecule has 2 amide bonds. The molecule has 126 valence electrons. The summed E-state index contributed by atoms with van der Waals surface area (Å²) < 4.78 is 0.937. The lowest BCUT2D eigenvalue weighted by atomic mass is 9.99. The van der Waals surface area contributed by atoms with Crippen LogP contribution >= 0.6 is 31.9 Å². The molecule has 23 heavy (non-hydrogen) atoms. The van der Waals surface area contributed by atoms with E-state index in [4.69, 9.17) is 0 Å². The van der Waals surface area contributed by atoms with E-state index in [9.17, 15) is 9.59 Å². The van der Waals surface area contributed by atoms with Crippen LogP contribution in [0.2, 0.25) is 0 Å². The average molecular weight is 448 g/mol. The number of halogens is 2. The Hall–Kier alpha value is -0.960. The molecular weight excluding hydrogens is 428 g/mol. The number of anilines is 1. The van der Waals surface area contributed by atoms with E-state index >= 15 is 0 Å². The Kier molecular flexibility index (Phi) is 6.58. The van der Waals surface area contributed by atoms with Gasteiger partial charge in [-0.1, -0.05) is 45.7 Å². The molecule has 1 saturated heterocycles. The van der Waals surface area contributed by atoms with Crippen molar-refractivity contribution in [2.75, 3.05) is 11.9 Å². The van der Waals surface area contributed by atoms with Gasteiger partial charge in [0.1, 0.15) is 6.04 Å². The zero-order valence-corrected chi connectivity index (χ0v) is 16.1. The summed E-state index contributed by atoms with van der Waals surface area (Å²) in [5.74, 6) is -0.1000. The van der Waals surface area contributed by atoms with Crippen LogP contribution in [0, 0.1) is 5.92 Å². The third-order valence-electron chi connectivity index (χ3n) is 3.62. The van der Waals surface area contributed by atoms with Crippen molar-refractivity contribution in [2.24, 2.45) is 5.92 Å². The molecule has 4 N–H and O–H groups in total. The lowest BCUT2D eigenvalue weighted by Crippen LogP contribution is -2.47. The lowest BCUT2D eigenvalue weighted by Gasteiger charge is -2.19. The second-order valence-electron chi connectivity index (χ2n) is 5.75. The van der Waals surface area contributed by atoms with Gasteiger partial charge < -0.3 is 10.6 Å². The van der Waals surface area contributed by atoms with Gasteiger partial charge in [0.2, 0.25) is 11.8 Å². The summed E-state index contributed by atoms with van der Waals surface area (Å²) in [6.07, 6.45) is 0. The molecule has 3 unspecified atom stereocenters. The highest BCUT2D eigenvalue weighted by Gasteiger charge is 2.39. The van der Waals surface area contributed by atoms with E-state index in [1.54, 1.807) is 12.1 Å². The summed E-state index contributed by atoms with van der Waals surface area (Å²) in [4.78, 5) is 24.1. The number of carbonyl (C=O) groups is 2. The monoisotopic (exact) mass is 446 g/mol. The Morgan fingerprint density at radius 3 is 2.43 bits per heavy atom. The normalized spacial score (nSPS) is 23.8. The standard InChI is InChI=1S/C15H20Br2N4O2/c1-8(2)13-12(17)14(21-20-13)15(23)18-7-11(22)19-10-5-3-9(16)4-6-10/h3-6,8,12-14,20-21H,7H2,1-2H3,(H,18,23)(H,19,22). The first-order valence-electron chi connectivity index (χ1n) is 7.36. The number of rotatable bonds is 5. The van der Waals surface area contributed by atoms with Gasteiger partial charge in [-0.15, -0.1) is 0 Å². The summed E-state index contributed by atoms with van der Waals surface area (Å²) in [6.45, 7) is 4.10. The van der Waals surface area contributed by atoms with E-state index in [1.165, 1.54) is 0 Å². The van der Waals surface area contributed by atoms with Crippen molar-refractivity contribution in [3.05, 3.63) is 28.7 Å². The van der Waals surface area contributed by atoms with E-state index in [-0.39, 0.29) is 29.2 Å². The second-order valence-corrected chi connectivity index (χ2v) is 7.73. The van der Waals surface area contributed by atoms with Gasteiger partial charge in [0.15, 0.2) is 0 Å². The molecule has 1 aliphatic rings. The van der Waals surface area contributed by atoms with Gasteiger partial charge in [0.05, 0.1) is 11.4 Å². The zero-order valence-electron chi connectivity index (χ0n) is 12.9. The van der Waals surface area contributed by atoms with Gasteiger partial charge in [0, 0.05) is 16.2 Å². The minimum Gasteiger partial charge on any atom is -0.346 e. The van der Waals surface area contributed by atoms with E-state index in [2.05, 4.69) is 67.2 Å². The van der Waals surface area contributed by atoms with Crippen molar-refractivity contribution in [1.29, 1.82) is 0 Å². The van der Waals surface area contributed by atoms with Crippen LogP contribution in [-0.2, 0) is 9.59 Å². The maximum Gasteiger partial charge on any atom is 0.243 e. The topological polar surface area (TPSA) is 82.3 Å². The number of carbonyl (C=O) groups excluding carboxylic acids is 2. The predicted molar refractivity (Wildman–Crippen MR) is 97.2 cm³/mol. The van der Waals surface area contributed by atoms with Crippen LogP contribution in [0.1, 0.15) is 13.8 Å². The van der Waals surface area contributed by atoms with E-state index in [0.29, 0.717) is 11.6 Å². The lowest BCUT2D eigenvalue weighted by molar-refractivity contribution is -0.125. The largest absolute Gasteiger partial charge is 0.346 e. The van der Waals surface area contributed by atoms with Crippen LogP contribution in [0.4, 0.5) is 5.69 Å². The first kappa shape index (κ1) is 18.4. The number of nitrogens with one attached hydrogen (secondary N) is 4. The molecule has 0 aromatic heterocycles. The molecule has 6 nitrogen and oxygen atoms in total. The third-order valence-corrected chi connectivity index (χ3v) is 5.25. The molecule has 1 aromatic rings. The van der Waals surface area contributed by atoms with Gasteiger partial charge in [-0.2, -0.15) is 0 Å². The van der Waals surface area contributed by atoms with Gasteiger partial charge in [-0.05, 0) is 30.2 Å². The zero-order chi connectivity index (χ0) is 17.0. The minimum atomic E-state index is -0.414. The van der Waals surface area contributed by atoms with Crippen LogP contribution in [0.25, 0.3) is 0 Å². The van der Waals surface area contributed by atoms with Crippen LogP contribution in [-0.4, -0.2) is 35.3 Å². The maximum atomic E-state index is 12.2. The fourth-order valence-electron chi connectivity index (χ4n) is 2.31. The first-order chi connectivity index (χ1) is 10.9. The molecule has 1 heterocycles. The van der Waals surface area contributed by atoms with Crippen LogP contribution in [0.3, 0.4) is 0 Å². The highest BCUT2D eigenvalue weighted by atomic mass is 79.9. The smallest absolute Gasteiger partial charge is 0.243 e. The van der Waals surface area contributed by atoms with Crippen molar-refractivity contribution in [1.82, 2.24) is 16.2 Å². The molecule has 0 bridgehead atoms. The van der Waals surface area contributed by atoms with Crippen molar-refractivity contribution >= 4 is 49.4 Å². The molecule has 3 atom stereocenters. The summed E-state index contributed by atoms with van der Waals surface area (Å²) >= 11 is 6.88. The minimum absolute atomic E-state index is 0.0305. The van der Waals surface area contributed by atoms with Gasteiger partial charge in [0.25, 0.3) is 0 Å². The van der Waals surface area contributed by atoms with E-state index in [1.807, 2.05) is 12.1 Å². The molecule has 8 heteroatoms. The van der Waals surface area contributed by atoms with Crippen molar-refractivity contribution < 1.29 is 9.59 Å². The van der Waals surface area contributed by atoms with Gasteiger partial charge in [-0.25, -0.2) is 5.43 Å². The number of hydrogen-bond acceptors (Lipinski definition) is 4. The number of alkyl halides is 1. The molecule has 0 spiro atoms. The molecule has 2 rings (SSSR count). The Balaban J connectivity index is 1.80. The SMILES string of the molecule is CC(C)C1NNC(C(=O)NCC(=O)Nc2ccc(Br)cc2)C1Br. The van der Waals surface area contributed by atoms with E-state index in [0.717, 1.165) is 4.47 Å². The molecular formula is C15H20Br2N4O2. The van der Waals surface area contributed by atoms with Crippen LogP contribution < -0.4 is 21.5 Å². The summed E-state index contributed by atoms with van der Waals surface area (Å²) in [6, 6.07) is 6.99. The number of amides is 2. The average Bonchev–Trinajstić information content (AvgIpc) is 2.89. The molecule has 1 aromatic carbocycles. The molecule has 1 aliphatic heterocycles. The fourth-order valence-corrected chi connectivity index (χ4v) is 3.69. The molecule has 0 saturated carbocycles. The number of benzene rings is 1. The van der Waals surface area contributed by atoms with Gasteiger partial charge >= 0.3 is 0 Å². The van der Waals surface area contributed by atoms with E-state index < -0.39 is 6.04 Å². The predicted octanol–water partition coefficient (Wildman–Crippen LogP) is 1.77. The van der Waals surface area contributed by atoms with Crippen molar-refractivity contribution in [3.8, 4) is 0 Å². The first-order valence-corrected chi connectivity index (χ1v) is 9.07. The summed E-state index contributed by atoms with van der Waals surface area (Å²) in [7, 11) is 0. The Labute approximate surface area is 152 Å². The molecule has 1 fully saturated rings. The molecule has 0 radical (unpaired) electrons. The molecule has 0 aliphatic carbocycles. The Morgan fingerprint density at radius 1 is 1.22 bits per heavy atom. The third kappa shape index (κ3) is 5.00. The maximum absolute atomic E-state index is 12.2. The van der Waals surface area contributed by atoms with Crippen molar-refractivity contribution in [3.63, 3.8) is 0 Å². The van der Waals surface area contributed by atoms with Gasteiger partial charge in [-0.3, -0.25) is 15.0 Å². The summed E-state index contributed by atoms with van der Waals surface area (Å²) in [5, 5.41) is 5.38. The van der Waals surface area contributed by atoms with Crippen LogP contribution in [0.15, 0.2) is 28.7 Å². The fraction of sp³-hybridized carbons (Fsp3) is 0.467. The number of hydrazine groups is 1. The quantitative estimate of drug-likeness (QED) is 0.518. The second kappa shape index (κ2) is 8.23. The van der Waals surface area contributed by atoms with Crippen molar-refractivity contribution in [2.45, 2.75) is 30.8 Å². The Bertz CT molecular complexity index is 565. The summed E-state index contributed by atoms with van der Waals surface area (Å²) in [5.41, 5.74) is 6.76. The highest BCUT2D eigenvalue weighted by Crippen LogP contribution is 2.21. The van der Waals surface area contributed by atoms with Crippen LogP contribution in [0.5, 0.6) is 0 Å². The highest BCUT2D eigenvalue weighted by molar-refractivity contribution is 9.10.